The predicted octanol–water partition coefficient (Wildman–Crippen LogP) is 1.73. The Hall–Kier alpha value is -2.14. The number of nitrogens with zero attached hydrogens (tertiary/aromatic N) is 1. The SMILES string of the molecule is Oc1ccc[n+](Cc2cc(F)cc3c2OCOC3)c1. The fourth-order valence-electron chi connectivity index (χ4n) is 2.18. The second-order valence-corrected chi connectivity index (χ2v) is 4.40. The first-order chi connectivity index (χ1) is 9.22. The average molecular weight is 262 g/mol. The molecule has 0 saturated heterocycles. The van der Waals surface area contributed by atoms with Crippen molar-refractivity contribution in [3.8, 4) is 11.5 Å². The second-order valence-electron chi connectivity index (χ2n) is 4.40. The minimum Gasteiger partial charge on any atom is -0.503 e. The smallest absolute Gasteiger partial charge is 0.211 e. The average Bonchev–Trinajstić information content (AvgIpc) is 2.38. The third-order valence-electron chi connectivity index (χ3n) is 2.95. The summed E-state index contributed by atoms with van der Waals surface area (Å²) in [5, 5.41) is 9.44. The van der Waals surface area contributed by atoms with Crippen molar-refractivity contribution in [3.05, 3.63) is 53.6 Å². The standard InChI is InChI=1S/C14H12FNO3/c15-12-4-10(6-16-3-1-2-13(17)7-16)14-11(5-12)8-18-9-19-14/h1-5,7H,6,8-9H2/p+1. The lowest BCUT2D eigenvalue weighted by molar-refractivity contribution is -0.688. The number of aromatic nitrogens is 1. The van der Waals surface area contributed by atoms with Crippen molar-refractivity contribution in [2.75, 3.05) is 6.79 Å². The molecule has 5 heteroatoms. The Morgan fingerprint density at radius 3 is 3.11 bits per heavy atom. The zero-order valence-electron chi connectivity index (χ0n) is 10.2. The molecule has 1 aliphatic heterocycles. The molecule has 0 fully saturated rings. The van der Waals surface area contributed by atoms with Gasteiger partial charge in [-0.25, -0.2) is 4.39 Å². The summed E-state index contributed by atoms with van der Waals surface area (Å²) in [5.74, 6) is 0.518. The van der Waals surface area contributed by atoms with E-state index in [-0.39, 0.29) is 18.4 Å². The Morgan fingerprint density at radius 1 is 1.37 bits per heavy atom. The molecular formula is C14H13FNO3+. The molecule has 0 aliphatic carbocycles. The molecule has 0 saturated carbocycles. The van der Waals surface area contributed by atoms with Crippen molar-refractivity contribution < 1.29 is 23.5 Å². The molecule has 1 N–H and O–H groups in total. The van der Waals surface area contributed by atoms with E-state index < -0.39 is 0 Å². The van der Waals surface area contributed by atoms with E-state index in [0.29, 0.717) is 24.5 Å². The number of rotatable bonds is 2. The lowest BCUT2D eigenvalue weighted by Crippen LogP contribution is -2.33. The van der Waals surface area contributed by atoms with Crippen LogP contribution < -0.4 is 9.30 Å². The first-order valence-electron chi connectivity index (χ1n) is 5.92. The Morgan fingerprint density at radius 2 is 2.26 bits per heavy atom. The van der Waals surface area contributed by atoms with Crippen LogP contribution in [0.5, 0.6) is 11.5 Å². The monoisotopic (exact) mass is 262 g/mol. The minimum absolute atomic E-state index is 0.164. The number of hydrogen-bond donors (Lipinski definition) is 1. The Bertz CT molecular complexity index is 616. The maximum Gasteiger partial charge on any atom is 0.211 e. The normalized spacial score (nSPS) is 13.7. The van der Waals surface area contributed by atoms with Crippen LogP contribution in [0.4, 0.5) is 4.39 Å². The van der Waals surface area contributed by atoms with Crippen molar-refractivity contribution >= 4 is 0 Å². The molecule has 1 aromatic heterocycles. The van der Waals surface area contributed by atoms with Crippen LogP contribution in [0.25, 0.3) is 0 Å². The van der Waals surface area contributed by atoms with E-state index in [1.54, 1.807) is 29.1 Å². The lowest BCUT2D eigenvalue weighted by atomic mass is 10.1. The summed E-state index contributed by atoms with van der Waals surface area (Å²) in [4.78, 5) is 0. The highest BCUT2D eigenvalue weighted by atomic mass is 19.1. The van der Waals surface area contributed by atoms with Crippen LogP contribution in [-0.4, -0.2) is 11.9 Å². The van der Waals surface area contributed by atoms with Gasteiger partial charge in [0.25, 0.3) is 0 Å². The van der Waals surface area contributed by atoms with Gasteiger partial charge in [0.2, 0.25) is 6.20 Å². The number of ether oxygens (including phenoxy) is 2. The Labute approximate surface area is 109 Å². The van der Waals surface area contributed by atoms with E-state index in [4.69, 9.17) is 9.47 Å². The lowest BCUT2D eigenvalue weighted by Gasteiger charge is -2.19. The van der Waals surface area contributed by atoms with Crippen molar-refractivity contribution in [3.63, 3.8) is 0 Å². The highest BCUT2D eigenvalue weighted by Gasteiger charge is 2.19. The van der Waals surface area contributed by atoms with Crippen molar-refractivity contribution in [1.82, 2.24) is 0 Å². The number of aromatic hydroxyl groups is 1. The van der Waals surface area contributed by atoms with Crippen LogP contribution in [0, 0.1) is 5.82 Å². The zero-order valence-corrected chi connectivity index (χ0v) is 10.2. The van der Waals surface area contributed by atoms with Crippen LogP contribution in [0.15, 0.2) is 36.7 Å². The van der Waals surface area contributed by atoms with Gasteiger partial charge in [-0.15, -0.1) is 0 Å². The quantitative estimate of drug-likeness (QED) is 0.838. The summed E-state index contributed by atoms with van der Waals surface area (Å²) in [6.07, 6.45) is 3.38. The molecule has 2 heterocycles. The maximum atomic E-state index is 13.6. The maximum absolute atomic E-state index is 13.6. The third-order valence-corrected chi connectivity index (χ3v) is 2.95. The van der Waals surface area contributed by atoms with E-state index >= 15 is 0 Å². The number of halogens is 1. The summed E-state index contributed by atoms with van der Waals surface area (Å²) >= 11 is 0. The molecule has 4 nitrogen and oxygen atoms in total. The first-order valence-corrected chi connectivity index (χ1v) is 5.92. The van der Waals surface area contributed by atoms with E-state index in [1.165, 1.54) is 12.1 Å². The molecule has 0 unspecified atom stereocenters. The minimum atomic E-state index is -0.316. The molecule has 98 valence electrons. The van der Waals surface area contributed by atoms with Gasteiger partial charge in [0, 0.05) is 11.6 Å². The molecule has 0 amide bonds. The molecule has 0 radical (unpaired) electrons. The largest absolute Gasteiger partial charge is 0.503 e. The Balaban J connectivity index is 1.98. The highest BCUT2D eigenvalue weighted by molar-refractivity contribution is 5.42. The van der Waals surface area contributed by atoms with E-state index in [0.717, 1.165) is 5.56 Å². The van der Waals surface area contributed by atoms with Crippen molar-refractivity contribution in [2.45, 2.75) is 13.2 Å². The van der Waals surface area contributed by atoms with E-state index in [2.05, 4.69) is 0 Å². The zero-order chi connectivity index (χ0) is 13.2. The molecule has 19 heavy (non-hydrogen) atoms. The molecule has 1 aliphatic rings. The summed E-state index contributed by atoms with van der Waals surface area (Å²) in [6.45, 7) is 0.954. The van der Waals surface area contributed by atoms with Crippen LogP contribution in [0.2, 0.25) is 0 Å². The number of fused-ring (bicyclic) bond motifs is 1. The van der Waals surface area contributed by atoms with Gasteiger partial charge in [0.05, 0.1) is 12.2 Å². The molecule has 1 aromatic carbocycles. The van der Waals surface area contributed by atoms with Crippen molar-refractivity contribution in [1.29, 1.82) is 0 Å². The van der Waals surface area contributed by atoms with Gasteiger partial charge in [-0.2, -0.15) is 4.57 Å². The summed E-state index contributed by atoms with van der Waals surface area (Å²) < 4.78 is 25.9. The molecule has 0 spiro atoms. The fraction of sp³-hybridized carbons (Fsp3) is 0.214. The van der Waals surface area contributed by atoms with Gasteiger partial charge in [0.1, 0.15) is 11.6 Å². The molecule has 2 aromatic rings. The summed E-state index contributed by atoms with van der Waals surface area (Å²) in [6, 6.07) is 6.18. The highest BCUT2D eigenvalue weighted by Crippen LogP contribution is 2.29. The van der Waals surface area contributed by atoms with Gasteiger partial charge < -0.3 is 14.6 Å². The van der Waals surface area contributed by atoms with Crippen LogP contribution >= 0.6 is 0 Å². The molecule has 3 rings (SSSR count). The number of benzene rings is 1. The topological polar surface area (TPSA) is 42.6 Å². The van der Waals surface area contributed by atoms with Crippen molar-refractivity contribution in [2.24, 2.45) is 0 Å². The number of hydrogen-bond acceptors (Lipinski definition) is 3. The third kappa shape index (κ3) is 2.51. The van der Waals surface area contributed by atoms with Crippen LogP contribution in [0.3, 0.4) is 0 Å². The van der Waals surface area contributed by atoms with E-state index in [9.17, 15) is 9.50 Å². The predicted molar refractivity (Wildman–Crippen MR) is 64.1 cm³/mol. The van der Waals surface area contributed by atoms with Crippen LogP contribution in [-0.2, 0) is 17.9 Å². The van der Waals surface area contributed by atoms with Gasteiger partial charge in [-0.3, -0.25) is 0 Å². The van der Waals surface area contributed by atoms with E-state index in [1.807, 2.05) is 0 Å². The van der Waals surface area contributed by atoms with Gasteiger partial charge in [-0.05, 0) is 18.2 Å². The van der Waals surface area contributed by atoms with Gasteiger partial charge >= 0.3 is 0 Å². The van der Waals surface area contributed by atoms with Gasteiger partial charge in [0.15, 0.2) is 25.3 Å². The summed E-state index contributed by atoms with van der Waals surface area (Å²) in [5.41, 5.74) is 1.44. The Kier molecular flexibility index (Phi) is 3.05. The molecule has 0 bridgehead atoms. The molecular weight excluding hydrogens is 249 g/mol. The second kappa shape index (κ2) is 4.85. The molecule has 0 atom stereocenters. The van der Waals surface area contributed by atoms with Gasteiger partial charge in [-0.1, -0.05) is 0 Å². The summed E-state index contributed by atoms with van der Waals surface area (Å²) in [7, 11) is 0. The van der Waals surface area contributed by atoms with Crippen LogP contribution in [0.1, 0.15) is 11.1 Å². The number of pyridine rings is 1. The fourth-order valence-corrected chi connectivity index (χ4v) is 2.18. The first kappa shape index (κ1) is 11.9.